The van der Waals surface area contributed by atoms with Crippen molar-refractivity contribution in [2.24, 2.45) is 0 Å². The zero-order valence-electron chi connectivity index (χ0n) is 10.3. The molecular formula is C10H25NSi2. The van der Waals surface area contributed by atoms with E-state index in [4.69, 9.17) is 0 Å². The highest BCUT2D eigenvalue weighted by Gasteiger charge is 2.31. The SMILES string of the molecule is CC/C=C/N([Si](C)(C)C)[Si](C)(C)C. The molecule has 0 atom stereocenters. The number of rotatable bonds is 4. The Balaban J connectivity index is 4.68. The molecule has 13 heavy (non-hydrogen) atoms. The second-order valence-corrected chi connectivity index (χ2v) is 15.6. The van der Waals surface area contributed by atoms with Crippen LogP contribution in [0.4, 0.5) is 0 Å². The van der Waals surface area contributed by atoms with E-state index in [9.17, 15) is 0 Å². The van der Waals surface area contributed by atoms with Gasteiger partial charge in [-0.1, -0.05) is 52.3 Å². The lowest BCUT2D eigenvalue weighted by molar-refractivity contribution is 0.824. The first kappa shape index (κ1) is 13.0. The van der Waals surface area contributed by atoms with Crippen LogP contribution >= 0.6 is 0 Å². The molecule has 0 rings (SSSR count). The van der Waals surface area contributed by atoms with E-state index < -0.39 is 16.5 Å². The summed E-state index contributed by atoms with van der Waals surface area (Å²) in [6.45, 7) is 16.7. The summed E-state index contributed by atoms with van der Waals surface area (Å²) in [5, 5.41) is 0. The highest BCUT2D eigenvalue weighted by molar-refractivity contribution is 6.89. The number of allylic oxidation sites excluding steroid dienone is 1. The molecule has 0 unspecified atom stereocenters. The van der Waals surface area contributed by atoms with Gasteiger partial charge < -0.3 is 4.23 Å². The Kier molecular flexibility index (Phi) is 4.45. The van der Waals surface area contributed by atoms with Crippen LogP contribution in [0.1, 0.15) is 13.3 Å². The molecule has 0 fully saturated rings. The van der Waals surface area contributed by atoms with Crippen LogP contribution in [-0.4, -0.2) is 20.7 Å². The van der Waals surface area contributed by atoms with Crippen molar-refractivity contribution in [1.29, 1.82) is 0 Å². The van der Waals surface area contributed by atoms with Gasteiger partial charge in [0.15, 0.2) is 0 Å². The first-order valence-electron chi connectivity index (χ1n) is 5.15. The Labute approximate surface area is 86.0 Å². The highest BCUT2D eigenvalue weighted by Crippen LogP contribution is 2.19. The average Bonchev–Trinajstić information content (AvgIpc) is 1.81. The van der Waals surface area contributed by atoms with Crippen LogP contribution < -0.4 is 0 Å². The van der Waals surface area contributed by atoms with Crippen LogP contribution in [0.25, 0.3) is 0 Å². The van der Waals surface area contributed by atoms with Crippen molar-refractivity contribution in [2.45, 2.75) is 52.6 Å². The predicted octanol–water partition coefficient (Wildman–Crippen LogP) is 3.88. The van der Waals surface area contributed by atoms with E-state index in [1.807, 2.05) is 0 Å². The maximum atomic E-state index is 2.68. The van der Waals surface area contributed by atoms with E-state index in [2.05, 4.69) is 62.7 Å². The van der Waals surface area contributed by atoms with E-state index in [0.29, 0.717) is 0 Å². The molecule has 78 valence electrons. The second kappa shape index (κ2) is 4.46. The fraction of sp³-hybridized carbons (Fsp3) is 0.800. The normalized spacial score (nSPS) is 13.8. The van der Waals surface area contributed by atoms with Crippen molar-refractivity contribution in [1.82, 2.24) is 4.23 Å². The van der Waals surface area contributed by atoms with Gasteiger partial charge in [0.25, 0.3) is 0 Å². The van der Waals surface area contributed by atoms with Crippen LogP contribution in [0.3, 0.4) is 0 Å². The molecule has 0 aliphatic carbocycles. The molecule has 0 bridgehead atoms. The largest absolute Gasteiger partial charge is 0.431 e. The third-order valence-corrected chi connectivity index (χ3v) is 9.15. The number of hydrogen-bond donors (Lipinski definition) is 0. The van der Waals surface area contributed by atoms with Crippen LogP contribution in [0.15, 0.2) is 12.3 Å². The van der Waals surface area contributed by atoms with Gasteiger partial charge in [-0.3, -0.25) is 0 Å². The Morgan fingerprint density at radius 3 is 1.54 bits per heavy atom. The fourth-order valence-corrected chi connectivity index (χ4v) is 10.8. The summed E-state index contributed by atoms with van der Waals surface area (Å²) in [6, 6.07) is 0. The van der Waals surface area contributed by atoms with Gasteiger partial charge in [-0.2, -0.15) is 0 Å². The molecule has 0 N–H and O–H groups in total. The third kappa shape index (κ3) is 4.67. The van der Waals surface area contributed by atoms with Crippen LogP contribution in [0, 0.1) is 0 Å². The zero-order chi connectivity index (χ0) is 10.7. The fourth-order valence-electron chi connectivity index (χ4n) is 1.66. The van der Waals surface area contributed by atoms with Gasteiger partial charge in [0.05, 0.1) is 0 Å². The summed E-state index contributed by atoms with van der Waals surface area (Å²) in [7, 11) is -2.30. The molecule has 0 aliphatic heterocycles. The topological polar surface area (TPSA) is 3.24 Å². The standard InChI is InChI=1S/C10H25NSi2/c1-8-9-10-11(12(2,3)4)13(5,6)7/h9-10H,8H2,1-7H3/b10-9+. The Morgan fingerprint density at radius 1 is 0.923 bits per heavy atom. The summed E-state index contributed by atoms with van der Waals surface area (Å²) in [5.41, 5.74) is 0. The van der Waals surface area contributed by atoms with Crippen molar-refractivity contribution < 1.29 is 0 Å². The van der Waals surface area contributed by atoms with Gasteiger partial charge in [0.1, 0.15) is 16.5 Å². The molecule has 0 aromatic carbocycles. The maximum absolute atomic E-state index is 2.68. The molecule has 0 amide bonds. The molecule has 0 heterocycles. The van der Waals surface area contributed by atoms with Gasteiger partial charge in [-0.25, -0.2) is 0 Å². The van der Waals surface area contributed by atoms with Crippen LogP contribution in [-0.2, 0) is 0 Å². The first-order valence-corrected chi connectivity index (χ1v) is 12.0. The molecule has 3 heteroatoms. The van der Waals surface area contributed by atoms with Crippen molar-refractivity contribution in [2.75, 3.05) is 0 Å². The van der Waals surface area contributed by atoms with Gasteiger partial charge in [0, 0.05) is 0 Å². The molecular weight excluding hydrogens is 190 g/mol. The minimum atomic E-state index is -1.15. The second-order valence-electron chi connectivity index (χ2n) is 5.50. The zero-order valence-corrected chi connectivity index (χ0v) is 12.3. The molecule has 0 aromatic rings. The summed E-state index contributed by atoms with van der Waals surface area (Å²) in [6.07, 6.45) is 5.78. The third-order valence-electron chi connectivity index (χ3n) is 1.94. The summed E-state index contributed by atoms with van der Waals surface area (Å²) < 4.78 is 2.68. The van der Waals surface area contributed by atoms with Crippen molar-refractivity contribution in [3.63, 3.8) is 0 Å². The van der Waals surface area contributed by atoms with E-state index in [1.165, 1.54) is 0 Å². The molecule has 0 aromatic heterocycles. The van der Waals surface area contributed by atoms with Crippen molar-refractivity contribution in [3.8, 4) is 0 Å². The highest BCUT2D eigenvalue weighted by atomic mass is 28.4. The van der Waals surface area contributed by atoms with E-state index in [1.54, 1.807) is 0 Å². The summed E-state index contributed by atoms with van der Waals surface area (Å²) in [5.74, 6) is 0. The lowest BCUT2D eigenvalue weighted by Gasteiger charge is -2.43. The number of hydrogen-bond acceptors (Lipinski definition) is 1. The number of nitrogens with zero attached hydrogens (tertiary/aromatic N) is 1. The van der Waals surface area contributed by atoms with Crippen LogP contribution in [0.5, 0.6) is 0 Å². The molecule has 0 saturated carbocycles. The van der Waals surface area contributed by atoms with Gasteiger partial charge in [0.2, 0.25) is 0 Å². The smallest absolute Gasteiger partial charge is 0.138 e. The predicted molar refractivity (Wildman–Crippen MR) is 68.0 cm³/mol. The lowest BCUT2D eigenvalue weighted by atomic mass is 10.5. The quantitative estimate of drug-likeness (QED) is 0.643. The molecule has 0 spiro atoms. The molecule has 1 nitrogen and oxygen atoms in total. The minimum Gasteiger partial charge on any atom is -0.431 e. The van der Waals surface area contributed by atoms with E-state index in [-0.39, 0.29) is 0 Å². The Morgan fingerprint density at radius 2 is 1.31 bits per heavy atom. The minimum absolute atomic E-state index is 1.14. The van der Waals surface area contributed by atoms with Crippen LogP contribution in [0.2, 0.25) is 39.3 Å². The lowest BCUT2D eigenvalue weighted by Crippen LogP contribution is -2.55. The summed E-state index contributed by atoms with van der Waals surface area (Å²) in [4.78, 5) is 0. The van der Waals surface area contributed by atoms with E-state index >= 15 is 0 Å². The van der Waals surface area contributed by atoms with Crippen molar-refractivity contribution in [3.05, 3.63) is 12.3 Å². The first-order chi connectivity index (χ1) is 5.69. The van der Waals surface area contributed by atoms with Gasteiger partial charge in [-0.15, -0.1) is 0 Å². The maximum Gasteiger partial charge on any atom is 0.138 e. The van der Waals surface area contributed by atoms with Gasteiger partial charge >= 0.3 is 0 Å². The molecule has 0 saturated heterocycles. The van der Waals surface area contributed by atoms with Gasteiger partial charge in [-0.05, 0) is 12.6 Å². The molecule has 0 radical (unpaired) electrons. The van der Waals surface area contributed by atoms with E-state index in [0.717, 1.165) is 6.42 Å². The summed E-state index contributed by atoms with van der Waals surface area (Å²) >= 11 is 0. The van der Waals surface area contributed by atoms with Crippen molar-refractivity contribution >= 4 is 16.5 Å². The Bertz CT molecular complexity index is 160. The average molecular weight is 215 g/mol. The molecule has 0 aliphatic rings. The monoisotopic (exact) mass is 215 g/mol. The Hall–Kier alpha value is -0.0262.